The lowest BCUT2D eigenvalue weighted by Crippen LogP contribution is -2.45. The summed E-state index contributed by atoms with van der Waals surface area (Å²) in [5, 5.41) is 12.6. The van der Waals surface area contributed by atoms with Gasteiger partial charge in [0.05, 0.1) is 42.1 Å². The molecule has 1 saturated heterocycles. The second-order valence-corrected chi connectivity index (χ2v) is 9.19. The molecule has 0 bridgehead atoms. The first-order chi connectivity index (χ1) is 17.9. The van der Waals surface area contributed by atoms with Crippen molar-refractivity contribution < 1.29 is 17.6 Å². The van der Waals surface area contributed by atoms with Gasteiger partial charge >= 0.3 is 6.55 Å². The van der Waals surface area contributed by atoms with Crippen LogP contribution in [0.3, 0.4) is 0 Å². The summed E-state index contributed by atoms with van der Waals surface area (Å²) >= 11 is 0. The van der Waals surface area contributed by atoms with Crippen molar-refractivity contribution in [1.29, 1.82) is 0 Å². The zero-order valence-electron chi connectivity index (χ0n) is 19.9. The molecule has 194 valence electrons. The molecular weight excluding hydrogens is 492 g/mol. The van der Waals surface area contributed by atoms with Crippen LogP contribution in [0.15, 0.2) is 29.5 Å². The summed E-state index contributed by atoms with van der Waals surface area (Å²) in [5.41, 5.74) is 2.11. The zero-order valence-corrected chi connectivity index (χ0v) is 19.9. The van der Waals surface area contributed by atoms with E-state index in [1.54, 1.807) is 10.7 Å². The number of aromatic amines is 1. The predicted molar refractivity (Wildman–Crippen MR) is 130 cm³/mol. The summed E-state index contributed by atoms with van der Waals surface area (Å²) in [6, 6.07) is 4.37. The largest absolute Gasteiger partial charge is 0.375 e. The molecule has 2 aliphatic rings. The highest BCUT2D eigenvalue weighted by Crippen LogP contribution is 2.29. The van der Waals surface area contributed by atoms with Gasteiger partial charge in [-0.25, -0.2) is 28.3 Å². The Bertz CT molecular complexity index is 1470. The number of halogens is 4. The molecule has 3 aromatic heterocycles. The lowest BCUT2D eigenvalue weighted by molar-refractivity contribution is -0.0197. The maximum atomic E-state index is 14.1. The number of likely N-dealkylation sites (N-methyl/N-ethyl adjacent to an activating group) is 1. The SMILES string of the molecule is CN1CCN(c2cc(NCc3nc4c(F)c(F)ccc4[nH]3)c3ncc(C4C=NN(C(F)F)C4)n3n2)CC1. The van der Waals surface area contributed by atoms with E-state index in [1.165, 1.54) is 12.3 Å². The third-order valence-corrected chi connectivity index (χ3v) is 6.73. The second-order valence-electron chi connectivity index (χ2n) is 9.19. The van der Waals surface area contributed by atoms with Crippen LogP contribution in [0.2, 0.25) is 0 Å². The number of anilines is 2. The smallest absolute Gasteiger partial charge is 0.329 e. The topological polar surface area (TPSA) is 93.0 Å². The molecule has 0 radical (unpaired) electrons. The van der Waals surface area contributed by atoms with E-state index < -0.39 is 24.1 Å². The number of nitrogens with zero attached hydrogens (tertiary/aromatic N) is 8. The highest BCUT2D eigenvalue weighted by atomic mass is 19.3. The fourth-order valence-electron chi connectivity index (χ4n) is 4.64. The van der Waals surface area contributed by atoms with Crippen molar-refractivity contribution in [2.45, 2.75) is 19.0 Å². The molecule has 0 spiro atoms. The predicted octanol–water partition coefficient (Wildman–Crippen LogP) is 2.86. The van der Waals surface area contributed by atoms with Crippen LogP contribution in [-0.4, -0.2) is 87.0 Å². The van der Waals surface area contributed by atoms with Gasteiger partial charge in [0.2, 0.25) is 0 Å². The quantitative estimate of drug-likeness (QED) is 0.301. The molecule has 2 aliphatic heterocycles. The number of nitrogens with one attached hydrogen (secondary N) is 2. The number of benzene rings is 1. The lowest BCUT2D eigenvalue weighted by Gasteiger charge is -2.33. The van der Waals surface area contributed by atoms with Gasteiger partial charge in [0.1, 0.15) is 11.3 Å². The monoisotopic (exact) mass is 516 g/mol. The Balaban J connectivity index is 1.34. The third kappa shape index (κ3) is 4.30. The Morgan fingerprint density at radius 2 is 1.97 bits per heavy atom. The van der Waals surface area contributed by atoms with E-state index in [0.717, 1.165) is 37.3 Å². The summed E-state index contributed by atoms with van der Waals surface area (Å²) < 4.78 is 55.7. The number of alkyl halides is 2. The first-order valence-electron chi connectivity index (χ1n) is 11.8. The summed E-state index contributed by atoms with van der Waals surface area (Å²) in [7, 11) is 2.06. The second kappa shape index (κ2) is 9.18. The first-order valence-corrected chi connectivity index (χ1v) is 11.8. The summed E-state index contributed by atoms with van der Waals surface area (Å²) in [6.45, 7) is 0.819. The zero-order chi connectivity index (χ0) is 25.7. The maximum absolute atomic E-state index is 14.1. The molecule has 0 amide bonds. The highest BCUT2D eigenvalue weighted by molar-refractivity contribution is 5.77. The summed E-state index contributed by atoms with van der Waals surface area (Å²) in [4.78, 5) is 16.1. The van der Waals surface area contributed by atoms with Gasteiger partial charge in [-0.2, -0.15) is 13.9 Å². The molecule has 14 heteroatoms. The van der Waals surface area contributed by atoms with Gasteiger partial charge in [-0.1, -0.05) is 0 Å². The van der Waals surface area contributed by atoms with E-state index in [-0.39, 0.29) is 18.6 Å². The fraction of sp³-hybridized carbons (Fsp3) is 0.391. The molecule has 1 unspecified atom stereocenters. The number of imidazole rings is 2. The van der Waals surface area contributed by atoms with Crippen LogP contribution in [0.25, 0.3) is 16.7 Å². The fourth-order valence-corrected chi connectivity index (χ4v) is 4.64. The standard InChI is InChI=1S/C23H24F4N10/c1-34-4-6-35(7-5-34)19-8-16(28-11-18-31-15-3-2-14(24)20(25)21(15)32-18)22-29-10-17(37(22)33-19)13-9-30-36(12-13)23(26)27/h2-3,8-10,13,23,28H,4-7,11-12H2,1H3,(H,31,32). The Hall–Kier alpha value is -3.94. The number of H-pyrrole nitrogens is 1. The normalized spacial score (nSPS) is 18.7. The van der Waals surface area contributed by atoms with Gasteiger partial charge in [0.25, 0.3) is 0 Å². The number of hydrazone groups is 1. The molecule has 10 nitrogen and oxygen atoms in total. The van der Waals surface area contributed by atoms with Crippen molar-refractivity contribution in [1.82, 2.24) is 34.5 Å². The van der Waals surface area contributed by atoms with Gasteiger partial charge in [-0.15, -0.1) is 5.10 Å². The molecule has 6 rings (SSSR count). The van der Waals surface area contributed by atoms with Crippen LogP contribution in [0.5, 0.6) is 0 Å². The minimum absolute atomic E-state index is 0.0236. The number of hydrogen-bond donors (Lipinski definition) is 2. The van der Waals surface area contributed by atoms with E-state index >= 15 is 0 Å². The Morgan fingerprint density at radius 3 is 2.73 bits per heavy atom. The van der Waals surface area contributed by atoms with Gasteiger partial charge < -0.3 is 20.1 Å². The number of rotatable bonds is 6. The molecule has 37 heavy (non-hydrogen) atoms. The van der Waals surface area contributed by atoms with Crippen LogP contribution in [-0.2, 0) is 6.54 Å². The van der Waals surface area contributed by atoms with Crippen LogP contribution in [0.1, 0.15) is 17.4 Å². The van der Waals surface area contributed by atoms with Crippen molar-refractivity contribution in [2.24, 2.45) is 5.10 Å². The van der Waals surface area contributed by atoms with Crippen molar-refractivity contribution >= 4 is 34.4 Å². The molecule has 4 aromatic rings. The molecule has 2 N–H and O–H groups in total. The van der Waals surface area contributed by atoms with Crippen LogP contribution >= 0.6 is 0 Å². The molecule has 0 aliphatic carbocycles. The third-order valence-electron chi connectivity index (χ3n) is 6.73. The summed E-state index contributed by atoms with van der Waals surface area (Å²) in [6.07, 6.45) is 3.10. The van der Waals surface area contributed by atoms with Crippen molar-refractivity contribution in [2.75, 3.05) is 50.0 Å². The van der Waals surface area contributed by atoms with Gasteiger partial charge in [-0.3, -0.25) is 0 Å². The first kappa shape index (κ1) is 23.5. The molecular formula is C23H24F4N10. The van der Waals surface area contributed by atoms with Gasteiger partial charge in [0.15, 0.2) is 23.1 Å². The minimum atomic E-state index is -2.69. The van der Waals surface area contributed by atoms with Gasteiger partial charge in [0, 0.05) is 38.5 Å². The van der Waals surface area contributed by atoms with E-state index in [1.807, 2.05) is 6.07 Å². The maximum Gasteiger partial charge on any atom is 0.329 e. The number of fused-ring (bicyclic) bond motifs is 2. The number of hydrogen-bond acceptors (Lipinski definition) is 8. The Labute approximate surface area is 208 Å². The van der Waals surface area contributed by atoms with Crippen LogP contribution < -0.4 is 10.2 Å². The van der Waals surface area contributed by atoms with E-state index in [4.69, 9.17) is 5.10 Å². The van der Waals surface area contributed by atoms with E-state index in [0.29, 0.717) is 34.2 Å². The highest BCUT2D eigenvalue weighted by Gasteiger charge is 2.29. The molecule has 1 fully saturated rings. The van der Waals surface area contributed by atoms with Crippen molar-refractivity contribution in [3.05, 3.63) is 47.5 Å². The number of piperazine rings is 1. The molecule has 5 heterocycles. The molecule has 1 atom stereocenters. The van der Waals surface area contributed by atoms with Gasteiger partial charge in [-0.05, 0) is 19.2 Å². The van der Waals surface area contributed by atoms with Crippen LogP contribution in [0, 0.1) is 11.6 Å². The molecule has 1 aromatic carbocycles. The van der Waals surface area contributed by atoms with E-state index in [2.05, 4.69) is 42.2 Å². The summed E-state index contributed by atoms with van der Waals surface area (Å²) in [5.74, 6) is -1.24. The minimum Gasteiger partial charge on any atom is -0.375 e. The lowest BCUT2D eigenvalue weighted by atomic mass is 10.1. The average molecular weight is 517 g/mol. The van der Waals surface area contributed by atoms with E-state index in [9.17, 15) is 17.6 Å². The van der Waals surface area contributed by atoms with Crippen molar-refractivity contribution in [3.63, 3.8) is 0 Å². The Morgan fingerprint density at radius 1 is 1.16 bits per heavy atom. The molecule has 0 saturated carbocycles. The Kier molecular flexibility index (Phi) is 5.82. The average Bonchev–Trinajstić information content (AvgIpc) is 3.63. The number of aromatic nitrogens is 5. The van der Waals surface area contributed by atoms with Crippen molar-refractivity contribution in [3.8, 4) is 0 Å². The van der Waals surface area contributed by atoms with Crippen LogP contribution in [0.4, 0.5) is 29.1 Å².